The maximum Gasteiger partial charge on any atom is 0.305 e. The molecular formula is C29H39N9O8S. The van der Waals surface area contributed by atoms with Crippen molar-refractivity contribution < 1.29 is 38.7 Å². The van der Waals surface area contributed by atoms with Crippen LogP contribution < -0.4 is 38.1 Å². The first-order valence-corrected chi connectivity index (χ1v) is 16.2. The number of nitrogens with two attached hydrogens (primary N) is 2. The summed E-state index contributed by atoms with van der Waals surface area (Å²) in [6.45, 7) is -0.489. The zero-order chi connectivity index (χ0) is 34.1. The summed E-state index contributed by atoms with van der Waals surface area (Å²) >= 11 is 1.42. The van der Waals surface area contributed by atoms with Crippen LogP contribution in [0.2, 0.25) is 0 Å². The van der Waals surface area contributed by atoms with E-state index >= 15 is 0 Å². The van der Waals surface area contributed by atoms with Gasteiger partial charge in [0.05, 0.1) is 18.3 Å². The molecule has 3 aliphatic heterocycles. The number of carboxylic acids is 1. The van der Waals surface area contributed by atoms with Gasteiger partial charge in [0.15, 0.2) is 5.96 Å². The van der Waals surface area contributed by atoms with Crippen molar-refractivity contribution in [1.82, 2.24) is 31.5 Å². The third kappa shape index (κ3) is 9.57. The number of rotatable bonds is 8. The number of piperidine rings is 1. The molecule has 4 rings (SSSR count). The molecule has 1 aromatic rings. The molecule has 0 aliphatic carbocycles. The van der Waals surface area contributed by atoms with Crippen LogP contribution in [0.15, 0.2) is 35.3 Å². The molecule has 6 atom stereocenters. The van der Waals surface area contributed by atoms with Gasteiger partial charge in [0.1, 0.15) is 30.2 Å². The highest BCUT2D eigenvalue weighted by Crippen LogP contribution is 2.36. The Kier molecular flexibility index (Phi) is 12.0. The van der Waals surface area contributed by atoms with E-state index in [2.05, 4.69) is 31.6 Å². The largest absolute Gasteiger partial charge is 0.481 e. The molecule has 0 saturated carbocycles. The van der Waals surface area contributed by atoms with Crippen LogP contribution >= 0.6 is 11.8 Å². The highest BCUT2D eigenvalue weighted by molar-refractivity contribution is 8.00. The monoisotopic (exact) mass is 673 g/mol. The average molecular weight is 674 g/mol. The number of carboxylic acid groups (broad SMARTS) is 1. The maximum absolute atomic E-state index is 13.7. The molecule has 0 radical (unpaired) electrons. The average Bonchev–Trinajstić information content (AvgIpc) is 3.47. The number of fused-ring (bicyclic) bond motifs is 1. The van der Waals surface area contributed by atoms with Crippen molar-refractivity contribution in [3.05, 3.63) is 35.9 Å². The van der Waals surface area contributed by atoms with E-state index < -0.39 is 84.6 Å². The van der Waals surface area contributed by atoms with E-state index in [0.717, 1.165) is 0 Å². The summed E-state index contributed by atoms with van der Waals surface area (Å²) < 4.78 is 0. The second-order valence-corrected chi connectivity index (χ2v) is 12.6. The molecular weight excluding hydrogens is 634 g/mol. The maximum atomic E-state index is 13.7. The number of nitrogens with zero attached hydrogens (tertiary/aromatic N) is 2. The molecule has 6 amide bonds. The number of carbonyl (C=O) groups is 7. The van der Waals surface area contributed by atoms with Crippen molar-refractivity contribution >= 4 is 59.1 Å². The molecule has 1 aromatic carbocycles. The number of aliphatic carboxylic acids is 1. The lowest BCUT2D eigenvalue weighted by Gasteiger charge is -2.37. The Morgan fingerprint density at radius 2 is 1.60 bits per heavy atom. The minimum absolute atomic E-state index is 0.000907. The quantitative estimate of drug-likeness (QED) is 0.0778. The minimum Gasteiger partial charge on any atom is -0.481 e. The van der Waals surface area contributed by atoms with E-state index in [1.807, 2.05) is 0 Å². The highest BCUT2D eigenvalue weighted by Gasteiger charge is 2.48. The molecule has 2 bridgehead atoms. The Balaban J connectivity index is 1.63. The SMILES string of the molecule is NC(N)=NCCC[C@@H]1NC(=O)[C@H]2CS[C@@H]3CC[C@H](NC(=O)[C@H](Cc4ccccc4)NC(=O)[C@H](CC(=O)O)NC(=O)CNC1=O)C(=O)N23. The van der Waals surface area contributed by atoms with Gasteiger partial charge in [-0.15, -0.1) is 11.8 Å². The summed E-state index contributed by atoms with van der Waals surface area (Å²) in [5, 5.41) is 21.8. The highest BCUT2D eigenvalue weighted by atomic mass is 32.2. The number of aliphatic imine (C=N–C) groups is 1. The normalized spacial score (nSPS) is 27.3. The zero-order valence-corrected chi connectivity index (χ0v) is 26.3. The fourth-order valence-corrected chi connectivity index (χ4v) is 7.02. The number of hydrogen-bond acceptors (Lipinski definition) is 9. The van der Waals surface area contributed by atoms with Crippen LogP contribution in [0.25, 0.3) is 0 Å². The van der Waals surface area contributed by atoms with Crippen LogP contribution in [0, 0.1) is 0 Å². The Hall–Kier alpha value is -4.87. The standard InChI is InChI=1S/C29H39N9O8S/c30-29(31)32-10-4-7-16-24(42)33-13-21(39)34-19(12-23(40)41)26(44)37-18(11-15-5-2-1-3-6-15)25(43)36-17-8-9-22-38(28(17)46)20(14-47-22)27(45)35-16/h1-3,5-6,16-20,22H,4,7-14H2,(H,33,42)(H,34,39)(H,35,45)(H,36,43)(H,37,44)(H,40,41)(H4,30,31,32)/t16-,17-,18-,19-,20+,22+/m0/s1. The second kappa shape index (κ2) is 16.1. The number of hydrogen-bond donors (Lipinski definition) is 8. The lowest BCUT2D eigenvalue weighted by molar-refractivity contribution is -0.146. The smallest absolute Gasteiger partial charge is 0.305 e. The summed E-state index contributed by atoms with van der Waals surface area (Å²) in [7, 11) is 0. The third-order valence-electron chi connectivity index (χ3n) is 7.91. The van der Waals surface area contributed by atoms with Crippen LogP contribution in [0.5, 0.6) is 0 Å². The summed E-state index contributed by atoms with van der Waals surface area (Å²) in [6.07, 6.45) is 0.319. The number of guanidine groups is 1. The third-order valence-corrected chi connectivity index (χ3v) is 9.27. The number of amides is 6. The molecule has 3 fully saturated rings. The number of thioether (sulfide) groups is 1. The van der Waals surface area contributed by atoms with E-state index in [-0.39, 0.29) is 49.3 Å². The van der Waals surface area contributed by atoms with Crippen LogP contribution in [0.1, 0.15) is 37.7 Å². The van der Waals surface area contributed by atoms with Gasteiger partial charge in [-0.3, -0.25) is 38.6 Å². The van der Waals surface area contributed by atoms with Gasteiger partial charge >= 0.3 is 5.97 Å². The van der Waals surface area contributed by atoms with Crippen molar-refractivity contribution in [2.24, 2.45) is 16.5 Å². The Bertz CT molecular complexity index is 1410. The van der Waals surface area contributed by atoms with Crippen LogP contribution in [0.4, 0.5) is 0 Å². The van der Waals surface area contributed by atoms with Gasteiger partial charge in [-0.2, -0.15) is 0 Å². The van der Waals surface area contributed by atoms with Gasteiger partial charge in [-0.25, -0.2) is 0 Å². The molecule has 3 saturated heterocycles. The first-order chi connectivity index (χ1) is 22.4. The number of carbonyl (C=O) groups excluding carboxylic acids is 6. The summed E-state index contributed by atoms with van der Waals surface area (Å²) in [4.78, 5) is 97.2. The van der Waals surface area contributed by atoms with Crippen molar-refractivity contribution in [2.75, 3.05) is 18.8 Å². The summed E-state index contributed by atoms with van der Waals surface area (Å²) in [6, 6.07) is 2.82. The number of nitrogens with one attached hydrogen (secondary N) is 5. The molecule has 17 nitrogen and oxygen atoms in total. The van der Waals surface area contributed by atoms with E-state index in [1.54, 1.807) is 30.3 Å². The van der Waals surface area contributed by atoms with E-state index in [4.69, 9.17) is 11.5 Å². The zero-order valence-electron chi connectivity index (χ0n) is 25.5. The predicted octanol–water partition coefficient (Wildman–Crippen LogP) is -3.11. The van der Waals surface area contributed by atoms with E-state index in [0.29, 0.717) is 12.0 Å². The molecule has 0 spiro atoms. The fraction of sp³-hybridized carbons (Fsp3) is 0.517. The first kappa shape index (κ1) is 35.0. The van der Waals surface area contributed by atoms with Crippen molar-refractivity contribution in [2.45, 2.75) is 74.1 Å². The minimum atomic E-state index is -1.60. The second-order valence-electron chi connectivity index (χ2n) is 11.4. The molecule has 0 aromatic heterocycles. The lowest BCUT2D eigenvalue weighted by atomic mass is 10.00. The van der Waals surface area contributed by atoms with Gasteiger partial charge in [-0.05, 0) is 31.2 Å². The van der Waals surface area contributed by atoms with Gasteiger partial charge in [0.25, 0.3) is 0 Å². The lowest BCUT2D eigenvalue weighted by Crippen LogP contribution is -2.63. The molecule has 254 valence electrons. The van der Waals surface area contributed by atoms with Gasteiger partial charge in [0.2, 0.25) is 35.4 Å². The molecule has 3 heterocycles. The Morgan fingerprint density at radius 1 is 0.894 bits per heavy atom. The van der Waals surface area contributed by atoms with Gasteiger partial charge in [-0.1, -0.05) is 30.3 Å². The van der Waals surface area contributed by atoms with E-state index in [9.17, 15) is 38.7 Å². The first-order valence-electron chi connectivity index (χ1n) is 15.2. The Morgan fingerprint density at radius 3 is 2.30 bits per heavy atom. The molecule has 18 heteroatoms. The summed E-state index contributed by atoms with van der Waals surface area (Å²) in [5.74, 6) is -5.57. The van der Waals surface area contributed by atoms with Gasteiger partial charge < -0.3 is 48.1 Å². The van der Waals surface area contributed by atoms with Crippen molar-refractivity contribution in [3.63, 3.8) is 0 Å². The topological polar surface area (TPSA) is 268 Å². The summed E-state index contributed by atoms with van der Waals surface area (Å²) in [5.41, 5.74) is 11.4. The van der Waals surface area contributed by atoms with Crippen LogP contribution in [-0.4, -0.2) is 112 Å². The predicted molar refractivity (Wildman–Crippen MR) is 169 cm³/mol. The molecule has 0 unspecified atom stereocenters. The van der Waals surface area contributed by atoms with E-state index in [1.165, 1.54) is 16.7 Å². The van der Waals surface area contributed by atoms with Crippen molar-refractivity contribution in [1.29, 1.82) is 0 Å². The fourth-order valence-electron chi connectivity index (χ4n) is 5.59. The van der Waals surface area contributed by atoms with Gasteiger partial charge in [0, 0.05) is 18.7 Å². The molecule has 10 N–H and O–H groups in total. The molecule has 3 aliphatic rings. The Labute approximate surface area is 274 Å². The number of benzene rings is 1. The molecule has 47 heavy (non-hydrogen) atoms. The van der Waals surface area contributed by atoms with Crippen molar-refractivity contribution in [3.8, 4) is 0 Å². The van der Waals surface area contributed by atoms with Crippen LogP contribution in [-0.2, 0) is 40.0 Å². The van der Waals surface area contributed by atoms with Crippen LogP contribution in [0.3, 0.4) is 0 Å².